The van der Waals surface area contributed by atoms with Crippen molar-refractivity contribution in [1.29, 1.82) is 0 Å². The number of hydrogen-bond donors (Lipinski definition) is 2. The molecule has 1 aromatic carbocycles. The average Bonchev–Trinajstić information content (AvgIpc) is 2.95. The number of nitrogens with one attached hydrogen (secondary N) is 1. The first-order valence-electron chi connectivity index (χ1n) is 7.45. The summed E-state index contributed by atoms with van der Waals surface area (Å²) in [6, 6.07) is 3.71. The molecule has 3 N–H and O–H groups in total. The van der Waals surface area contributed by atoms with Crippen LogP contribution in [0.3, 0.4) is 0 Å². The smallest absolute Gasteiger partial charge is 0.230 e. The molecule has 0 aliphatic heterocycles. The molecule has 0 saturated heterocycles. The first-order chi connectivity index (χ1) is 11.5. The highest BCUT2D eigenvalue weighted by molar-refractivity contribution is 6.32. The third kappa shape index (κ3) is 3.22. The monoisotopic (exact) mass is 343 g/mol. The van der Waals surface area contributed by atoms with Crippen LogP contribution in [0, 0.1) is 6.92 Å². The van der Waals surface area contributed by atoms with Crippen molar-refractivity contribution < 1.29 is 0 Å². The fourth-order valence-electron chi connectivity index (χ4n) is 2.40. The number of halogens is 1. The van der Waals surface area contributed by atoms with Gasteiger partial charge in [0.15, 0.2) is 5.82 Å². The molecule has 124 valence electrons. The van der Waals surface area contributed by atoms with Crippen molar-refractivity contribution in [3.05, 3.63) is 47.0 Å². The van der Waals surface area contributed by atoms with Crippen LogP contribution < -0.4 is 11.1 Å². The van der Waals surface area contributed by atoms with Gasteiger partial charge in [-0.3, -0.25) is 4.68 Å². The molecular weight excluding hydrogens is 326 g/mol. The SMILES string of the molecule is Cc1c(-c2ncnc(Nc3cnn(C)c3)n2)ccc(C(C)N)c1Cl. The Kier molecular flexibility index (Phi) is 4.46. The molecule has 3 aromatic rings. The van der Waals surface area contributed by atoms with Crippen LogP contribution in [0.25, 0.3) is 11.4 Å². The molecule has 2 heterocycles. The zero-order valence-electron chi connectivity index (χ0n) is 13.7. The molecule has 0 aliphatic carbocycles. The Morgan fingerprint density at radius 1 is 1.29 bits per heavy atom. The molecule has 0 spiro atoms. The van der Waals surface area contributed by atoms with Gasteiger partial charge in [-0.25, -0.2) is 9.97 Å². The molecule has 1 atom stereocenters. The van der Waals surface area contributed by atoms with Crippen LogP contribution in [-0.2, 0) is 7.05 Å². The second kappa shape index (κ2) is 6.54. The number of hydrogen-bond acceptors (Lipinski definition) is 6. The molecule has 1 unspecified atom stereocenters. The summed E-state index contributed by atoms with van der Waals surface area (Å²) in [6.07, 6.45) is 5.00. The van der Waals surface area contributed by atoms with Crippen LogP contribution in [0.2, 0.25) is 5.02 Å². The Hall–Kier alpha value is -2.51. The van der Waals surface area contributed by atoms with Gasteiger partial charge < -0.3 is 11.1 Å². The Morgan fingerprint density at radius 2 is 2.08 bits per heavy atom. The minimum atomic E-state index is -0.133. The summed E-state index contributed by atoms with van der Waals surface area (Å²) in [4.78, 5) is 12.9. The topological polar surface area (TPSA) is 94.5 Å². The van der Waals surface area contributed by atoms with Crippen LogP contribution in [-0.4, -0.2) is 24.7 Å². The minimum Gasteiger partial charge on any atom is -0.324 e. The van der Waals surface area contributed by atoms with Crippen molar-refractivity contribution in [2.75, 3.05) is 5.32 Å². The highest BCUT2D eigenvalue weighted by Gasteiger charge is 2.14. The average molecular weight is 344 g/mol. The lowest BCUT2D eigenvalue weighted by molar-refractivity contribution is 0.768. The highest BCUT2D eigenvalue weighted by Crippen LogP contribution is 2.32. The summed E-state index contributed by atoms with van der Waals surface area (Å²) in [5, 5.41) is 7.84. The molecule has 7 nitrogen and oxygen atoms in total. The van der Waals surface area contributed by atoms with E-state index in [9.17, 15) is 0 Å². The molecule has 0 aliphatic rings. The summed E-state index contributed by atoms with van der Waals surface area (Å²) in [5.41, 5.74) is 9.39. The van der Waals surface area contributed by atoms with Crippen molar-refractivity contribution in [2.45, 2.75) is 19.9 Å². The molecule has 24 heavy (non-hydrogen) atoms. The van der Waals surface area contributed by atoms with E-state index in [1.165, 1.54) is 6.33 Å². The maximum atomic E-state index is 6.44. The van der Waals surface area contributed by atoms with Crippen LogP contribution in [0.15, 0.2) is 30.9 Å². The van der Waals surface area contributed by atoms with E-state index in [0.717, 1.165) is 22.4 Å². The molecule has 8 heteroatoms. The van der Waals surface area contributed by atoms with Gasteiger partial charge in [0.2, 0.25) is 5.95 Å². The maximum Gasteiger partial charge on any atom is 0.230 e. The Morgan fingerprint density at radius 3 is 2.75 bits per heavy atom. The lowest BCUT2D eigenvalue weighted by Gasteiger charge is -2.13. The second-order valence-electron chi connectivity index (χ2n) is 5.59. The third-order valence-electron chi connectivity index (χ3n) is 3.68. The predicted molar refractivity (Wildman–Crippen MR) is 94.1 cm³/mol. The van der Waals surface area contributed by atoms with Gasteiger partial charge in [0.05, 0.1) is 11.9 Å². The molecule has 0 saturated carbocycles. The summed E-state index contributed by atoms with van der Waals surface area (Å²) < 4.78 is 1.70. The largest absolute Gasteiger partial charge is 0.324 e. The Bertz CT molecular complexity index is 873. The van der Waals surface area contributed by atoms with Crippen molar-refractivity contribution in [3.63, 3.8) is 0 Å². The van der Waals surface area contributed by atoms with Gasteiger partial charge in [0, 0.05) is 29.9 Å². The van der Waals surface area contributed by atoms with Crippen LogP contribution in [0.5, 0.6) is 0 Å². The lowest BCUT2D eigenvalue weighted by Crippen LogP contribution is -2.07. The highest BCUT2D eigenvalue weighted by atomic mass is 35.5. The van der Waals surface area contributed by atoms with Gasteiger partial charge in [-0.2, -0.15) is 10.1 Å². The fraction of sp³-hybridized carbons (Fsp3) is 0.250. The molecule has 0 bridgehead atoms. The van der Waals surface area contributed by atoms with Crippen LogP contribution in [0.4, 0.5) is 11.6 Å². The molecule has 2 aromatic heterocycles. The quantitative estimate of drug-likeness (QED) is 0.756. The molecular formula is C16H18ClN7. The van der Waals surface area contributed by atoms with Crippen molar-refractivity contribution in [1.82, 2.24) is 24.7 Å². The number of aryl methyl sites for hydroxylation is 1. The van der Waals surface area contributed by atoms with E-state index in [4.69, 9.17) is 17.3 Å². The third-order valence-corrected chi connectivity index (χ3v) is 4.18. The van der Waals surface area contributed by atoms with Gasteiger partial charge >= 0.3 is 0 Å². The fourth-order valence-corrected chi connectivity index (χ4v) is 2.74. The van der Waals surface area contributed by atoms with E-state index in [1.807, 2.05) is 39.2 Å². The first-order valence-corrected chi connectivity index (χ1v) is 7.83. The summed E-state index contributed by atoms with van der Waals surface area (Å²) in [7, 11) is 1.84. The summed E-state index contributed by atoms with van der Waals surface area (Å²) in [5.74, 6) is 0.992. The molecule has 0 amide bonds. The molecule has 0 radical (unpaired) electrons. The van der Waals surface area contributed by atoms with Crippen LogP contribution in [0.1, 0.15) is 24.1 Å². The van der Waals surface area contributed by atoms with Gasteiger partial charge in [0.25, 0.3) is 0 Å². The predicted octanol–water partition coefficient (Wildman–Crippen LogP) is 3.00. The normalized spacial score (nSPS) is 12.2. The maximum absolute atomic E-state index is 6.44. The van der Waals surface area contributed by atoms with E-state index >= 15 is 0 Å². The van der Waals surface area contributed by atoms with Gasteiger partial charge in [-0.05, 0) is 25.0 Å². The first kappa shape index (κ1) is 16.4. The van der Waals surface area contributed by atoms with Gasteiger partial charge in [-0.1, -0.05) is 23.7 Å². The number of anilines is 2. The number of nitrogens with two attached hydrogens (primary N) is 1. The lowest BCUT2D eigenvalue weighted by atomic mass is 10.0. The van der Waals surface area contributed by atoms with Crippen molar-refractivity contribution >= 4 is 23.2 Å². The van der Waals surface area contributed by atoms with E-state index in [2.05, 4.69) is 25.4 Å². The van der Waals surface area contributed by atoms with E-state index in [0.29, 0.717) is 16.8 Å². The standard InChI is InChI=1S/C16H18ClN7/c1-9-12(4-5-13(10(2)18)14(9)17)15-19-8-20-16(23-15)22-11-6-21-24(3)7-11/h4-8,10H,18H2,1-3H3,(H,19,20,22,23). The van der Waals surface area contributed by atoms with E-state index < -0.39 is 0 Å². The van der Waals surface area contributed by atoms with Crippen LogP contribution >= 0.6 is 11.6 Å². The summed E-state index contributed by atoms with van der Waals surface area (Å²) >= 11 is 6.44. The van der Waals surface area contributed by atoms with E-state index in [1.54, 1.807) is 10.9 Å². The number of aromatic nitrogens is 5. The number of rotatable bonds is 4. The Balaban J connectivity index is 1.95. The zero-order chi connectivity index (χ0) is 17.3. The van der Waals surface area contributed by atoms with Crippen molar-refractivity contribution in [3.8, 4) is 11.4 Å². The number of nitrogens with zero attached hydrogens (tertiary/aromatic N) is 5. The second-order valence-corrected chi connectivity index (χ2v) is 5.97. The summed E-state index contributed by atoms with van der Waals surface area (Å²) in [6.45, 7) is 3.83. The van der Waals surface area contributed by atoms with Crippen molar-refractivity contribution in [2.24, 2.45) is 12.8 Å². The minimum absolute atomic E-state index is 0.133. The van der Waals surface area contributed by atoms with Gasteiger partial charge in [0.1, 0.15) is 6.33 Å². The molecule has 0 fully saturated rings. The van der Waals surface area contributed by atoms with E-state index in [-0.39, 0.29) is 6.04 Å². The number of benzene rings is 1. The Labute approximate surface area is 144 Å². The van der Waals surface area contributed by atoms with Gasteiger partial charge in [-0.15, -0.1) is 0 Å². The molecule has 3 rings (SSSR count). The zero-order valence-corrected chi connectivity index (χ0v) is 14.4.